The number of benzene rings is 1. The Kier molecular flexibility index (Phi) is 4.27. The number of hydrogen-bond acceptors (Lipinski definition) is 2. The van der Waals surface area contributed by atoms with E-state index in [1.165, 1.54) is 0 Å². The van der Waals surface area contributed by atoms with E-state index in [0.29, 0.717) is 10.7 Å². The van der Waals surface area contributed by atoms with Crippen LogP contribution in [0.15, 0.2) is 18.2 Å². The molecule has 0 aromatic heterocycles. The summed E-state index contributed by atoms with van der Waals surface area (Å²) in [5.41, 5.74) is 1.56. The summed E-state index contributed by atoms with van der Waals surface area (Å²) in [5.74, 6) is -0.286. The number of rotatable bonds is 4. The highest BCUT2D eigenvalue weighted by Gasteiger charge is 2.23. The molecule has 0 unspecified atom stereocenters. The molecule has 1 aliphatic carbocycles. The van der Waals surface area contributed by atoms with Gasteiger partial charge in [-0.2, -0.15) is 0 Å². The van der Waals surface area contributed by atoms with Gasteiger partial charge in [-0.1, -0.05) is 17.7 Å². The third kappa shape index (κ3) is 4.44. The zero-order valence-electron chi connectivity index (χ0n) is 10.6. The molecule has 0 heterocycles. The van der Waals surface area contributed by atoms with Gasteiger partial charge >= 0.3 is 6.03 Å². The number of aryl methyl sites for hydroxylation is 1. The second-order valence-corrected chi connectivity index (χ2v) is 5.02. The van der Waals surface area contributed by atoms with E-state index < -0.39 is 0 Å². The molecule has 1 aliphatic rings. The first-order valence-electron chi connectivity index (χ1n) is 6.15. The van der Waals surface area contributed by atoms with Gasteiger partial charge in [0.2, 0.25) is 5.91 Å². The van der Waals surface area contributed by atoms with Crippen LogP contribution in [-0.4, -0.2) is 24.5 Å². The van der Waals surface area contributed by atoms with Crippen molar-refractivity contribution < 1.29 is 9.59 Å². The lowest BCUT2D eigenvalue weighted by Crippen LogP contribution is -2.40. The summed E-state index contributed by atoms with van der Waals surface area (Å²) in [6.07, 6.45) is 2.03. The molecule has 3 N–H and O–H groups in total. The predicted molar refractivity (Wildman–Crippen MR) is 74.4 cm³/mol. The van der Waals surface area contributed by atoms with Gasteiger partial charge in [0, 0.05) is 16.8 Å². The van der Waals surface area contributed by atoms with Crippen molar-refractivity contribution in [1.82, 2.24) is 10.6 Å². The van der Waals surface area contributed by atoms with Crippen molar-refractivity contribution in [2.24, 2.45) is 0 Å². The van der Waals surface area contributed by atoms with Gasteiger partial charge in [-0.25, -0.2) is 4.79 Å². The number of anilines is 1. The van der Waals surface area contributed by atoms with Crippen LogP contribution in [0.25, 0.3) is 0 Å². The Balaban J connectivity index is 1.76. The van der Waals surface area contributed by atoms with E-state index in [-0.39, 0.29) is 24.5 Å². The molecule has 1 aromatic rings. The van der Waals surface area contributed by atoms with Crippen molar-refractivity contribution in [2.45, 2.75) is 25.8 Å². The monoisotopic (exact) mass is 281 g/mol. The zero-order valence-corrected chi connectivity index (χ0v) is 11.4. The van der Waals surface area contributed by atoms with E-state index in [9.17, 15) is 9.59 Å². The van der Waals surface area contributed by atoms with Crippen molar-refractivity contribution in [3.8, 4) is 0 Å². The first-order chi connectivity index (χ1) is 9.04. The van der Waals surface area contributed by atoms with Gasteiger partial charge in [0.05, 0.1) is 6.54 Å². The van der Waals surface area contributed by atoms with E-state index in [0.717, 1.165) is 18.4 Å². The molecule has 0 atom stereocenters. The van der Waals surface area contributed by atoms with Crippen molar-refractivity contribution in [2.75, 3.05) is 11.9 Å². The molecule has 3 amide bonds. The molecule has 0 aliphatic heterocycles. The van der Waals surface area contributed by atoms with Crippen molar-refractivity contribution >= 4 is 29.2 Å². The lowest BCUT2D eigenvalue weighted by Gasteiger charge is -2.08. The van der Waals surface area contributed by atoms with Crippen LogP contribution in [0.1, 0.15) is 18.4 Å². The fourth-order valence-corrected chi connectivity index (χ4v) is 1.68. The first kappa shape index (κ1) is 13.7. The minimum atomic E-state index is -0.306. The van der Waals surface area contributed by atoms with Crippen LogP contribution >= 0.6 is 11.6 Å². The molecule has 6 heteroatoms. The Morgan fingerprint density at radius 1 is 1.37 bits per heavy atom. The maximum Gasteiger partial charge on any atom is 0.315 e. The topological polar surface area (TPSA) is 70.2 Å². The van der Waals surface area contributed by atoms with Crippen LogP contribution in [0.2, 0.25) is 5.02 Å². The lowest BCUT2D eigenvalue weighted by molar-refractivity contribution is -0.115. The van der Waals surface area contributed by atoms with Gasteiger partial charge in [0.1, 0.15) is 0 Å². The molecular formula is C13H16ClN3O2. The molecule has 0 radical (unpaired) electrons. The Morgan fingerprint density at radius 2 is 2.11 bits per heavy atom. The summed E-state index contributed by atoms with van der Waals surface area (Å²) in [4.78, 5) is 22.9. The minimum absolute atomic E-state index is 0.0654. The van der Waals surface area contributed by atoms with Crippen molar-refractivity contribution in [1.29, 1.82) is 0 Å². The minimum Gasteiger partial charge on any atom is -0.335 e. The lowest BCUT2D eigenvalue weighted by atomic mass is 10.2. The van der Waals surface area contributed by atoms with Crippen LogP contribution in [-0.2, 0) is 4.79 Å². The van der Waals surface area contributed by atoms with Crippen LogP contribution in [0.3, 0.4) is 0 Å². The third-order valence-corrected chi connectivity index (χ3v) is 3.18. The largest absolute Gasteiger partial charge is 0.335 e. The van der Waals surface area contributed by atoms with Crippen molar-refractivity contribution in [3.63, 3.8) is 0 Å². The molecule has 1 saturated carbocycles. The third-order valence-electron chi connectivity index (χ3n) is 2.78. The van der Waals surface area contributed by atoms with Gasteiger partial charge in [0.15, 0.2) is 0 Å². The van der Waals surface area contributed by atoms with Crippen LogP contribution in [0, 0.1) is 6.92 Å². The fraction of sp³-hybridized carbons (Fsp3) is 0.385. The summed E-state index contributed by atoms with van der Waals surface area (Å²) in [7, 11) is 0. The maximum absolute atomic E-state index is 11.6. The van der Waals surface area contributed by atoms with E-state index in [1.54, 1.807) is 12.1 Å². The smallest absolute Gasteiger partial charge is 0.315 e. The highest BCUT2D eigenvalue weighted by atomic mass is 35.5. The summed E-state index contributed by atoms with van der Waals surface area (Å²) in [6.45, 7) is 1.82. The molecule has 0 bridgehead atoms. The number of nitrogens with one attached hydrogen (secondary N) is 3. The molecule has 1 fully saturated rings. The summed E-state index contributed by atoms with van der Waals surface area (Å²) in [6, 6.07) is 5.24. The number of amides is 3. The first-order valence-corrected chi connectivity index (χ1v) is 6.53. The molecule has 5 nitrogen and oxygen atoms in total. The van der Waals surface area contributed by atoms with E-state index in [2.05, 4.69) is 16.0 Å². The van der Waals surface area contributed by atoms with Crippen LogP contribution in [0.5, 0.6) is 0 Å². The Morgan fingerprint density at radius 3 is 2.74 bits per heavy atom. The summed E-state index contributed by atoms with van der Waals surface area (Å²) in [5, 5.41) is 8.51. The fourth-order valence-electron chi connectivity index (χ4n) is 1.50. The van der Waals surface area contributed by atoms with E-state index >= 15 is 0 Å². The van der Waals surface area contributed by atoms with Gasteiger partial charge in [0.25, 0.3) is 0 Å². The Bertz CT molecular complexity index is 501. The molecule has 102 valence electrons. The van der Waals surface area contributed by atoms with Gasteiger partial charge in [-0.15, -0.1) is 0 Å². The van der Waals surface area contributed by atoms with Crippen molar-refractivity contribution in [3.05, 3.63) is 28.8 Å². The number of urea groups is 1. The van der Waals surface area contributed by atoms with Gasteiger partial charge < -0.3 is 16.0 Å². The molecule has 2 rings (SSSR count). The van der Waals surface area contributed by atoms with Crippen LogP contribution < -0.4 is 16.0 Å². The summed E-state index contributed by atoms with van der Waals surface area (Å²) >= 11 is 5.96. The zero-order chi connectivity index (χ0) is 13.8. The highest BCUT2D eigenvalue weighted by Crippen LogP contribution is 2.20. The van der Waals surface area contributed by atoms with E-state index in [1.807, 2.05) is 13.0 Å². The standard InChI is InChI=1S/C13H16ClN3O2/c1-8-2-3-10(6-11(8)14)16-12(18)7-15-13(19)17-9-4-5-9/h2-3,6,9H,4-5,7H2,1H3,(H,16,18)(H2,15,17,19). The molecule has 19 heavy (non-hydrogen) atoms. The number of carbonyl (C=O) groups excluding carboxylic acids is 2. The quantitative estimate of drug-likeness (QED) is 0.790. The average Bonchev–Trinajstić information content (AvgIpc) is 3.15. The number of halogens is 1. The number of hydrogen-bond donors (Lipinski definition) is 3. The molecule has 0 saturated heterocycles. The van der Waals surface area contributed by atoms with Crippen LogP contribution in [0.4, 0.5) is 10.5 Å². The van der Waals surface area contributed by atoms with E-state index in [4.69, 9.17) is 11.6 Å². The highest BCUT2D eigenvalue weighted by molar-refractivity contribution is 6.31. The second kappa shape index (κ2) is 5.93. The predicted octanol–water partition coefficient (Wildman–Crippen LogP) is 2.05. The Hall–Kier alpha value is -1.75. The molecule has 0 spiro atoms. The number of carbonyl (C=O) groups is 2. The molecule has 1 aromatic carbocycles. The Labute approximate surface area is 116 Å². The SMILES string of the molecule is Cc1ccc(NC(=O)CNC(=O)NC2CC2)cc1Cl. The van der Waals surface area contributed by atoms with Gasteiger partial charge in [-0.05, 0) is 37.5 Å². The van der Waals surface area contributed by atoms with Gasteiger partial charge in [-0.3, -0.25) is 4.79 Å². The average molecular weight is 282 g/mol. The normalized spacial score (nSPS) is 13.8. The molecular weight excluding hydrogens is 266 g/mol. The maximum atomic E-state index is 11.6. The second-order valence-electron chi connectivity index (χ2n) is 4.61. The summed E-state index contributed by atoms with van der Waals surface area (Å²) < 4.78 is 0.